The number of aryl methyl sites for hydroxylation is 1. The highest BCUT2D eigenvalue weighted by Gasteiger charge is 2.62. The van der Waals surface area contributed by atoms with E-state index in [9.17, 15) is 18.0 Å². The number of carbonyl (C=O) groups is 1. The van der Waals surface area contributed by atoms with Gasteiger partial charge in [0, 0.05) is 43.9 Å². The van der Waals surface area contributed by atoms with Crippen LogP contribution in [-0.2, 0) is 18.0 Å². The smallest absolute Gasteiger partial charge is 0.417 e. The average Bonchev–Trinajstić information content (AvgIpc) is 3.12. The molecule has 3 N–H and O–H groups in total. The highest BCUT2D eigenvalue weighted by Crippen LogP contribution is 2.51. The van der Waals surface area contributed by atoms with Crippen molar-refractivity contribution in [1.29, 1.82) is 10.8 Å². The number of piperidine rings is 1. The van der Waals surface area contributed by atoms with Crippen molar-refractivity contribution >= 4 is 23.5 Å². The lowest BCUT2D eigenvalue weighted by atomic mass is 9.64. The van der Waals surface area contributed by atoms with Gasteiger partial charge in [0.25, 0.3) is 0 Å². The molecule has 33 heavy (non-hydrogen) atoms. The van der Waals surface area contributed by atoms with Gasteiger partial charge >= 0.3 is 12.2 Å². The second-order valence-corrected chi connectivity index (χ2v) is 8.85. The number of anilines is 1. The number of halogens is 3. The number of likely N-dealkylation sites (tertiary alicyclic amines) is 1. The van der Waals surface area contributed by atoms with Crippen LogP contribution in [0.1, 0.15) is 38.7 Å². The molecular formula is C22H25F3N6O2. The number of aromatic nitrogens is 2. The molecule has 2 bridgehead atoms. The Morgan fingerprint density at radius 2 is 2.00 bits per heavy atom. The Kier molecular flexibility index (Phi) is 5.45. The summed E-state index contributed by atoms with van der Waals surface area (Å²) in [7, 11) is 1.61. The van der Waals surface area contributed by atoms with Crippen molar-refractivity contribution in [2.45, 2.75) is 50.9 Å². The van der Waals surface area contributed by atoms with E-state index in [4.69, 9.17) is 15.6 Å². The molecule has 2 fully saturated rings. The van der Waals surface area contributed by atoms with E-state index in [1.165, 1.54) is 34.7 Å². The molecule has 4 rings (SSSR count). The molecule has 3 atom stereocenters. The fraction of sp³-hybridized carbons (Fsp3) is 0.455. The molecule has 3 unspecified atom stereocenters. The largest absolute Gasteiger partial charge is 0.428 e. The molecule has 0 spiro atoms. The Morgan fingerprint density at radius 1 is 1.27 bits per heavy atom. The van der Waals surface area contributed by atoms with Crippen LogP contribution in [0.5, 0.6) is 0 Å². The zero-order valence-electron chi connectivity index (χ0n) is 18.5. The third-order valence-corrected chi connectivity index (χ3v) is 6.22. The van der Waals surface area contributed by atoms with Crippen molar-refractivity contribution in [3.8, 4) is 11.3 Å². The number of hydrogen-bond acceptors (Lipinski definition) is 5. The van der Waals surface area contributed by atoms with Gasteiger partial charge in [0.1, 0.15) is 5.54 Å². The van der Waals surface area contributed by atoms with Gasteiger partial charge in [-0.25, -0.2) is 4.79 Å². The van der Waals surface area contributed by atoms with Crippen LogP contribution < -0.4 is 5.32 Å². The molecule has 2 heterocycles. The van der Waals surface area contributed by atoms with Gasteiger partial charge in [0.05, 0.1) is 11.3 Å². The van der Waals surface area contributed by atoms with Gasteiger partial charge in [-0.05, 0) is 43.0 Å². The van der Waals surface area contributed by atoms with Gasteiger partial charge in [0.15, 0.2) is 5.90 Å². The predicted octanol–water partition coefficient (Wildman–Crippen LogP) is 4.87. The Balaban J connectivity index is 1.63. The number of amides is 2. The van der Waals surface area contributed by atoms with Crippen molar-refractivity contribution < 1.29 is 22.7 Å². The average molecular weight is 462 g/mol. The quantitative estimate of drug-likeness (QED) is 0.447. The van der Waals surface area contributed by atoms with Gasteiger partial charge in [0.2, 0.25) is 5.90 Å². The van der Waals surface area contributed by atoms with Crippen LogP contribution in [0.3, 0.4) is 0 Å². The summed E-state index contributed by atoms with van der Waals surface area (Å²) >= 11 is 0. The summed E-state index contributed by atoms with van der Waals surface area (Å²) < 4.78 is 47.4. The third-order valence-electron chi connectivity index (χ3n) is 6.22. The first-order valence-electron chi connectivity index (χ1n) is 10.5. The number of urea groups is 1. The van der Waals surface area contributed by atoms with Crippen LogP contribution >= 0.6 is 0 Å². The van der Waals surface area contributed by atoms with Crippen LogP contribution in [-0.4, -0.2) is 44.1 Å². The number of nitrogens with zero attached hydrogens (tertiary/aromatic N) is 3. The molecule has 1 saturated carbocycles. The molecule has 1 aromatic carbocycles. The Hall–Kier alpha value is -3.37. The van der Waals surface area contributed by atoms with Crippen LogP contribution in [0.2, 0.25) is 0 Å². The summed E-state index contributed by atoms with van der Waals surface area (Å²) in [5, 5.41) is 22.7. The summed E-state index contributed by atoms with van der Waals surface area (Å²) in [5.41, 5.74) is -1.60. The lowest BCUT2D eigenvalue weighted by Gasteiger charge is -2.62. The van der Waals surface area contributed by atoms with E-state index >= 15 is 0 Å². The van der Waals surface area contributed by atoms with E-state index in [-0.39, 0.29) is 40.7 Å². The number of nitrogens with one attached hydrogen (secondary N) is 3. The van der Waals surface area contributed by atoms with E-state index < -0.39 is 23.3 Å². The van der Waals surface area contributed by atoms with E-state index in [1.807, 2.05) is 6.92 Å². The second kappa shape index (κ2) is 7.89. The monoisotopic (exact) mass is 462 g/mol. The first-order chi connectivity index (χ1) is 15.4. The topological polar surface area (TPSA) is 107 Å². The molecule has 1 aliphatic carbocycles. The highest BCUT2D eigenvalue weighted by atomic mass is 19.4. The van der Waals surface area contributed by atoms with Crippen molar-refractivity contribution in [3.05, 3.63) is 36.0 Å². The van der Waals surface area contributed by atoms with Crippen molar-refractivity contribution in [1.82, 2.24) is 14.7 Å². The minimum absolute atomic E-state index is 0.103. The zero-order chi connectivity index (χ0) is 24.1. The van der Waals surface area contributed by atoms with Gasteiger partial charge in [-0.3, -0.25) is 15.5 Å². The molecule has 1 aliphatic heterocycles. The fourth-order valence-corrected chi connectivity index (χ4v) is 5.04. The molecule has 0 radical (unpaired) electrons. The molecule has 1 saturated heterocycles. The van der Waals surface area contributed by atoms with Crippen LogP contribution in [0.4, 0.5) is 23.7 Å². The van der Waals surface area contributed by atoms with Crippen molar-refractivity contribution in [2.24, 2.45) is 13.0 Å². The summed E-state index contributed by atoms with van der Waals surface area (Å²) in [5.74, 6) is -0.0293. The number of alkyl halides is 3. The molecular weight excluding hydrogens is 437 g/mol. The summed E-state index contributed by atoms with van der Waals surface area (Å²) in [6.45, 7) is 3.45. The number of fused-ring (bicyclic) bond motifs is 2. The summed E-state index contributed by atoms with van der Waals surface area (Å²) in [4.78, 5) is 14.7. The zero-order valence-corrected chi connectivity index (χ0v) is 18.5. The lowest BCUT2D eigenvalue weighted by Crippen LogP contribution is -2.75. The maximum absolute atomic E-state index is 13.6. The Labute approximate surface area is 188 Å². The first-order valence-corrected chi connectivity index (χ1v) is 10.5. The number of carbonyl (C=O) groups excluding carboxylic acids is 1. The van der Waals surface area contributed by atoms with Crippen molar-refractivity contribution in [2.75, 3.05) is 5.32 Å². The lowest BCUT2D eigenvalue weighted by molar-refractivity contribution is -0.137. The van der Waals surface area contributed by atoms with E-state index in [0.29, 0.717) is 12.8 Å². The minimum Gasteiger partial charge on any atom is -0.428 e. The minimum atomic E-state index is -4.58. The molecule has 2 aliphatic rings. The molecule has 176 valence electrons. The highest BCUT2D eigenvalue weighted by molar-refractivity contribution is 6.00. The van der Waals surface area contributed by atoms with Crippen LogP contribution in [0.25, 0.3) is 11.3 Å². The maximum Gasteiger partial charge on any atom is 0.417 e. The normalized spacial score (nSPS) is 24.1. The summed E-state index contributed by atoms with van der Waals surface area (Å²) in [6, 6.07) is 4.26. The van der Waals surface area contributed by atoms with Gasteiger partial charge in [-0.1, -0.05) is 6.92 Å². The van der Waals surface area contributed by atoms with E-state index in [0.717, 1.165) is 12.5 Å². The first kappa shape index (κ1) is 22.8. The Bertz CT molecular complexity index is 1130. The molecule has 1 aromatic heterocycles. The van der Waals surface area contributed by atoms with Gasteiger partial charge in [-0.15, -0.1) is 0 Å². The molecule has 2 amide bonds. The number of benzene rings is 1. The Morgan fingerprint density at radius 3 is 2.61 bits per heavy atom. The van der Waals surface area contributed by atoms with Crippen molar-refractivity contribution in [3.63, 3.8) is 0 Å². The number of hydrogen-bond donors (Lipinski definition) is 3. The SMILES string of the molecule is CC(=N)OC(=N)C12CC(C)CC(C1)N2C(=O)Nc1ccc(C(F)(F)F)c(-c2ccn(C)n2)c1. The van der Waals surface area contributed by atoms with Gasteiger partial charge < -0.3 is 15.0 Å². The maximum atomic E-state index is 13.6. The molecule has 8 nitrogen and oxygen atoms in total. The van der Waals surface area contributed by atoms with Gasteiger partial charge in [-0.2, -0.15) is 18.3 Å². The van der Waals surface area contributed by atoms with Crippen LogP contribution in [0, 0.1) is 16.7 Å². The fourth-order valence-electron chi connectivity index (χ4n) is 5.04. The van der Waals surface area contributed by atoms with E-state index in [1.54, 1.807) is 13.2 Å². The third kappa shape index (κ3) is 4.07. The second-order valence-electron chi connectivity index (χ2n) is 8.85. The predicted molar refractivity (Wildman–Crippen MR) is 116 cm³/mol. The molecule has 2 aromatic rings. The summed E-state index contributed by atoms with van der Waals surface area (Å²) in [6.07, 6.45) is -1.19. The number of rotatable bonds is 3. The van der Waals surface area contributed by atoms with Crippen LogP contribution in [0.15, 0.2) is 30.5 Å². The van der Waals surface area contributed by atoms with E-state index in [2.05, 4.69) is 10.4 Å². The standard InChI is InChI=1S/C22H25F3N6O2/c1-12-8-15-11-21(10-12,19(27)33-13(2)26)31(15)20(32)28-14-4-5-17(22(23,24)25)16(9-14)18-6-7-30(3)29-18/h4-7,9,12,15,26-27H,8,10-11H2,1-3H3,(H,28,32). The number of ether oxygens (including phenoxy) is 1. The molecule has 11 heteroatoms.